The van der Waals surface area contributed by atoms with Crippen molar-refractivity contribution in [2.24, 2.45) is 0 Å². The number of piperazine rings is 1. The molecule has 2 aromatic heterocycles. The summed E-state index contributed by atoms with van der Waals surface area (Å²) in [5.74, 6) is 0. The van der Waals surface area contributed by atoms with E-state index in [1.165, 1.54) is 0 Å². The number of rotatable bonds is 6. The first-order valence-corrected chi connectivity index (χ1v) is 10.3. The summed E-state index contributed by atoms with van der Waals surface area (Å²) in [6, 6.07) is 13.4. The van der Waals surface area contributed by atoms with Crippen molar-refractivity contribution >= 4 is 22.5 Å². The van der Waals surface area contributed by atoms with Crippen LogP contribution >= 0.6 is 11.6 Å². The van der Waals surface area contributed by atoms with E-state index in [4.69, 9.17) is 16.7 Å². The smallest absolute Gasteiger partial charge is 0.255 e. The molecular weight excluding hydrogens is 388 g/mol. The van der Waals surface area contributed by atoms with Crippen molar-refractivity contribution in [2.45, 2.75) is 13.1 Å². The maximum Gasteiger partial charge on any atom is 0.255 e. The van der Waals surface area contributed by atoms with Crippen molar-refractivity contribution in [2.75, 3.05) is 39.3 Å². The van der Waals surface area contributed by atoms with Gasteiger partial charge in [0.05, 0.1) is 24.4 Å². The van der Waals surface area contributed by atoms with Gasteiger partial charge in [-0.25, -0.2) is 0 Å². The Morgan fingerprint density at radius 3 is 2.52 bits per heavy atom. The van der Waals surface area contributed by atoms with Crippen LogP contribution in [-0.4, -0.2) is 63.8 Å². The first-order valence-electron chi connectivity index (χ1n) is 9.91. The van der Waals surface area contributed by atoms with Gasteiger partial charge in [0.1, 0.15) is 0 Å². The second-order valence-corrected chi connectivity index (χ2v) is 7.86. The van der Waals surface area contributed by atoms with Crippen LogP contribution in [0.15, 0.2) is 53.5 Å². The highest BCUT2D eigenvalue weighted by Crippen LogP contribution is 2.20. The van der Waals surface area contributed by atoms with Crippen LogP contribution in [0.5, 0.6) is 0 Å². The summed E-state index contributed by atoms with van der Waals surface area (Å²) in [4.78, 5) is 22.3. The molecular formula is C22H25ClN4O2. The minimum Gasteiger partial charge on any atom is -0.395 e. The average molecular weight is 413 g/mol. The summed E-state index contributed by atoms with van der Waals surface area (Å²) in [7, 11) is 0. The molecule has 6 nitrogen and oxygen atoms in total. The van der Waals surface area contributed by atoms with Gasteiger partial charge < -0.3 is 9.67 Å². The number of hydrogen-bond donors (Lipinski definition) is 1. The SMILES string of the molecule is O=c1c(CN2CCN(CCO)CC2)cc2ccc(Cl)cc2n1Cc1ccccn1. The topological polar surface area (TPSA) is 61.6 Å². The fraction of sp³-hybridized carbons (Fsp3) is 0.364. The molecule has 1 saturated heterocycles. The zero-order valence-corrected chi connectivity index (χ0v) is 17.1. The summed E-state index contributed by atoms with van der Waals surface area (Å²) in [5.41, 5.74) is 2.45. The van der Waals surface area contributed by atoms with Crippen LogP contribution in [0.2, 0.25) is 5.02 Å². The molecule has 0 bridgehead atoms. The molecule has 0 radical (unpaired) electrons. The van der Waals surface area contributed by atoms with E-state index < -0.39 is 0 Å². The first kappa shape index (κ1) is 20.0. The molecule has 3 aromatic rings. The van der Waals surface area contributed by atoms with Gasteiger partial charge in [0.15, 0.2) is 0 Å². The Balaban J connectivity index is 1.65. The summed E-state index contributed by atoms with van der Waals surface area (Å²) < 4.78 is 1.78. The minimum absolute atomic E-state index is 0.00297. The van der Waals surface area contributed by atoms with Crippen LogP contribution in [-0.2, 0) is 13.1 Å². The highest BCUT2D eigenvalue weighted by atomic mass is 35.5. The Morgan fingerprint density at radius 2 is 1.79 bits per heavy atom. The molecule has 0 amide bonds. The number of aromatic nitrogens is 2. The van der Waals surface area contributed by atoms with Crippen LogP contribution in [0.4, 0.5) is 0 Å². The number of hydrogen-bond acceptors (Lipinski definition) is 5. The van der Waals surface area contributed by atoms with E-state index in [2.05, 4.69) is 14.8 Å². The highest BCUT2D eigenvalue weighted by molar-refractivity contribution is 6.31. The zero-order valence-electron chi connectivity index (χ0n) is 16.3. The van der Waals surface area contributed by atoms with Crippen LogP contribution in [0.1, 0.15) is 11.3 Å². The van der Waals surface area contributed by atoms with Crippen molar-refractivity contribution < 1.29 is 5.11 Å². The third-order valence-electron chi connectivity index (χ3n) is 5.45. The van der Waals surface area contributed by atoms with Crippen LogP contribution in [0, 0.1) is 0 Å². The lowest BCUT2D eigenvalue weighted by Gasteiger charge is -2.34. The van der Waals surface area contributed by atoms with E-state index in [1.807, 2.05) is 42.5 Å². The van der Waals surface area contributed by atoms with E-state index in [0.717, 1.165) is 48.3 Å². The van der Waals surface area contributed by atoms with Gasteiger partial charge in [-0.2, -0.15) is 0 Å². The number of aliphatic hydroxyl groups is 1. The van der Waals surface area contributed by atoms with Gasteiger partial charge in [0, 0.05) is 56.1 Å². The van der Waals surface area contributed by atoms with Gasteiger partial charge in [-0.1, -0.05) is 23.7 Å². The Hall–Kier alpha value is -2.25. The summed E-state index contributed by atoms with van der Waals surface area (Å²) >= 11 is 6.22. The van der Waals surface area contributed by atoms with E-state index >= 15 is 0 Å². The number of aliphatic hydroxyl groups excluding tert-OH is 1. The lowest BCUT2D eigenvalue weighted by Crippen LogP contribution is -2.47. The van der Waals surface area contributed by atoms with Gasteiger partial charge in [-0.05, 0) is 35.7 Å². The molecule has 3 heterocycles. The second-order valence-electron chi connectivity index (χ2n) is 7.43. The molecule has 1 aliphatic heterocycles. The van der Waals surface area contributed by atoms with Gasteiger partial charge in [0.2, 0.25) is 0 Å². The molecule has 7 heteroatoms. The Bertz CT molecular complexity index is 1030. The van der Waals surface area contributed by atoms with Crippen molar-refractivity contribution in [1.29, 1.82) is 0 Å². The first-order chi connectivity index (χ1) is 14.1. The number of β-amino-alcohol motifs (C(OH)–C–C–N with tert-alkyl or cyclic N) is 1. The Morgan fingerprint density at radius 1 is 1.00 bits per heavy atom. The quantitative estimate of drug-likeness (QED) is 0.672. The lowest BCUT2D eigenvalue weighted by molar-refractivity contribution is 0.108. The Labute approximate surface area is 175 Å². The molecule has 0 aliphatic carbocycles. The van der Waals surface area contributed by atoms with E-state index in [9.17, 15) is 4.79 Å². The van der Waals surface area contributed by atoms with E-state index in [0.29, 0.717) is 24.7 Å². The second kappa shape index (κ2) is 9.05. The number of fused-ring (bicyclic) bond motifs is 1. The molecule has 1 fully saturated rings. The molecule has 0 unspecified atom stereocenters. The maximum atomic E-state index is 13.4. The molecule has 0 spiro atoms. The standard InChI is InChI=1S/C22H25ClN4O2/c23-19-5-4-17-13-18(15-26-9-7-25(8-10-26)11-12-28)22(29)27(21(17)14-19)16-20-3-1-2-6-24-20/h1-6,13-14,28H,7-12,15-16H2. The van der Waals surface area contributed by atoms with E-state index in [1.54, 1.807) is 10.8 Å². The molecule has 1 aliphatic rings. The third kappa shape index (κ3) is 4.67. The monoisotopic (exact) mass is 412 g/mol. The molecule has 1 N–H and O–H groups in total. The van der Waals surface area contributed by atoms with Crippen molar-refractivity contribution in [3.05, 3.63) is 75.3 Å². The lowest BCUT2D eigenvalue weighted by atomic mass is 10.1. The number of nitrogens with zero attached hydrogens (tertiary/aromatic N) is 4. The molecule has 0 saturated carbocycles. The van der Waals surface area contributed by atoms with Gasteiger partial charge >= 0.3 is 0 Å². The number of halogens is 1. The molecule has 0 atom stereocenters. The molecule has 152 valence electrons. The molecule has 1 aromatic carbocycles. The third-order valence-corrected chi connectivity index (χ3v) is 5.69. The fourth-order valence-electron chi connectivity index (χ4n) is 3.88. The van der Waals surface area contributed by atoms with E-state index in [-0.39, 0.29) is 12.2 Å². The van der Waals surface area contributed by atoms with Crippen molar-refractivity contribution in [3.63, 3.8) is 0 Å². The number of benzene rings is 1. The van der Waals surface area contributed by atoms with Gasteiger partial charge in [-0.3, -0.25) is 19.6 Å². The predicted molar refractivity (Wildman–Crippen MR) is 115 cm³/mol. The van der Waals surface area contributed by atoms with Crippen LogP contribution < -0.4 is 5.56 Å². The summed E-state index contributed by atoms with van der Waals surface area (Å²) in [5, 5.41) is 10.7. The Kier molecular flexibility index (Phi) is 6.25. The predicted octanol–water partition coefficient (Wildman–Crippen LogP) is 2.21. The number of pyridine rings is 2. The van der Waals surface area contributed by atoms with Crippen molar-refractivity contribution in [1.82, 2.24) is 19.4 Å². The normalized spacial score (nSPS) is 15.8. The fourth-order valence-corrected chi connectivity index (χ4v) is 4.05. The van der Waals surface area contributed by atoms with Gasteiger partial charge in [-0.15, -0.1) is 0 Å². The molecule has 4 rings (SSSR count). The van der Waals surface area contributed by atoms with Gasteiger partial charge in [0.25, 0.3) is 5.56 Å². The average Bonchev–Trinajstić information content (AvgIpc) is 2.74. The van der Waals surface area contributed by atoms with Crippen LogP contribution in [0.25, 0.3) is 10.9 Å². The largest absolute Gasteiger partial charge is 0.395 e. The molecule has 29 heavy (non-hydrogen) atoms. The summed E-state index contributed by atoms with van der Waals surface area (Å²) in [6.45, 7) is 5.52. The maximum absolute atomic E-state index is 13.4. The highest BCUT2D eigenvalue weighted by Gasteiger charge is 2.19. The summed E-state index contributed by atoms with van der Waals surface area (Å²) in [6.07, 6.45) is 1.74. The van der Waals surface area contributed by atoms with Crippen LogP contribution in [0.3, 0.4) is 0 Å². The zero-order chi connectivity index (χ0) is 20.2. The minimum atomic E-state index is 0.00297. The van der Waals surface area contributed by atoms with Crippen molar-refractivity contribution in [3.8, 4) is 0 Å².